The smallest absolute Gasteiger partial charge is 0.246 e. The number of likely N-dealkylation sites (tertiary alicyclic amines) is 1. The van der Waals surface area contributed by atoms with Crippen molar-refractivity contribution < 1.29 is 48.3 Å². The minimum atomic E-state index is -0.973. The number of phenols is 1. The number of rotatable bonds is 23. The van der Waals surface area contributed by atoms with Crippen LogP contribution in [0.2, 0.25) is 0 Å². The highest BCUT2D eigenvalue weighted by Crippen LogP contribution is 2.33. The third-order valence-electron chi connectivity index (χ3n) is 11.8. The van der Waals surface area contributed by atoms with Gasteiger partial charge in [-0.2, -0.15) is 0 Å². The van der Waals surface area contributed by atoms with Gasteiger partial charge in [-0.1, -0.05) is 57.2 Å². The number of ether oxygens (including phenoxy) is 4. The Morgan fingerprint density at radius 1 is 0.882 bits per heavy atom. The van der Waals surface area contributed by atoms with Gasteiger partial charge >= 0.3 is 0 Å². The average Bonchev–Trinajstić information content (AvgIpc) is 3.95. The van der Waals surface area contributed by atoms with E-state index in [0.29, 0.717) is 82.6 Å². The minimum Gasteiger partial charge on any atom is -0.507 e. The normalized spacial score (nSPS) is 17.0. The molecular formula is C48H65N9O10S. The van der Waals surface area contributed by atoms with E-state index in [0.717, 1.165) is 27.4 Å². The molecule has 2 aliphatic rings. The molecule has 6 rings (SSSR count). The van der Waals surface area contributed by atoms with Crippen LogP contribution in [0, 0.1) is 18.3 Å². The lowest BCUT2D eigenvalue weighted by atomic mass is 9.85. The number of nitrogens with two attached hydrogens (primary N) is 1. The summed E-state index contributed by atoms with van der Waals surface area (Å²) in [6.45, 7) is 11.0. The topological polar surface area (TPSA) is 253 Å². The molecule has 4 aromatic rings. The number of carbonyl (C=O) groups is 4. The first-order chi connectivity index (χ1) is 32.7. The summed E-state index contributed by atoms with van der Waals surface area (Å²) in [5.41, 5.74) is 12.0. The van der Waals surface area contributed by atoms with Gasteiger partial charge in [-0.25, -0.2) is 4.98 Å². The fraction of sp³-hybridized carbons (Fsp3) is 0.521. The van der Waals surface area contributed by atoms with Crippen LogP contribution in [0.1, 0.15) is 51.3 Å². The molecule has 0 radical (unpaired) electrons. The van der Waals surface area contributed by atoms with Crippen LogP contribution in [-0.2, 0) is 44.7 Å². The first kappa shape index (κ1) is 51.6. The maximum atomic E-state index is 13.9. The van der Waals surface area contributed by atoms with Crippen molar-refractivity contribution >= 4 is 46.5 Å². The van der Waals surface area contributed by atoms with E-state index in [1.807, 2.05) is 69.6 Å². The minimum absolute atomic E-state index is 0.0149. The van der Waals surface area contributed by atoms with E-state index < -0.39 is 35.4 Å². The molecule has 0 saturated carbocycles. The monoisotopic (exact) mass is 959 g/mol. The van der Waals surface area contributed by atoms with E-state index in [1.54, 1.807) is 29.5 Å². The van der Waals surface area contributed by atoms with E-state index in [1.165, 1.54) is 4.90 Å². The second kappa shape index (κ2) is 25.0. The number of hydrogen-bond acceptors (Lipinski definition) is 16. The SMILES string of the molecule is Cc1ncsc1-c1ccc(CNC(=O)[C@@H]2C[C@@H](O)CN2C(=O)[C@@H](NC(=O)COCCOCCOCCOCCNC(=O)C2CCN(c3cc(-c4ccccc4O)nnc3N)CC2)C(C)(C)C)cc1. The number of aromatic hydroxyl groups is 1. The van der Waals surface area contributed by atoms with Gasteiger partial charge in [0.15, 0.2) is 5.82 Å². The van der Waals surface area contributed by atoms with Crippen molar-refractivity contribution in [2.75, 3.05) is 89.7 Å². The number of phenolic OH excluding ortho intramolecular Hbond substituents is 1. The van der Waals surface area contributed by atoms with Gasteiger partial charge in [0.05, 0.1) is 79.8 Å². The standard InChI is InChI=1S/C48H65N9O10S/c1-31-42(68-30-52-31)33-11-9-32(10-12-33)27-51-46(62)39-25-35(58)28-57(39)47(63)43(48(2,3)4)53-41(60)29-67-24-23-66-22-21-65-20-19-64-18-15-50-45(61)34-13-16-56(17-14-34)38-26-37(54-55-44(38)49)36-7-5-6-8-40(36)59/h5-12,26,30,34-35,39,43,58-59H,13-25,27-29H2,1-4H3,(H2,49,55)(H,50,61)(H,51,62)(H,53,60)/t35-,39+,43-/m1/s1. The largest absolute Gasteiger partial charge is 0.507 e. The van der Waals surface area contributed by atoms with Gasteiger partial charge in [0, 0.05) is 50.6 Å². The van der Waals surface area contributed by atoms with Crippen molar-refractivity contribution in [3.05, 3.63) is 71.4 Å². The molecule has 0 bridgehead atoms. The van der Waals surface area contributed by atoms with E-state index >= 15 is 0 Å². The van der Waals surface area contributed by atoms with Crippen molar-refractivity contribution in [1.29, 1.82) is 0 Å². The fourth-order valence-electron chi connectivity index (χ4n) is 8.05. The molecule has 2 aliphatic heterocycles. The Labute approximate surface area is 401 Å². The molecule has 0 spiro atoms. The van der Waals surface area contributed by atoms with E-state index in [9.17, 15) is 29.4 Å². The molecule has 68 heavy (non-hydrogen) atoms. The summed E-state index contributed by atoms with van der Waals surface area (Å²) in [7, 11) is 0. The fourth-order valence-corrected chi connectivity index (χ4v) is 8.86. The van der Waals surface area contributed by atoms with Crippen LogP contribution < -0.4 is 26.6 Å². The van der Waals surface area contributed by atoms with Crippen LogP contribution in [0.25, 0.3) is 21.7 Å². The van der Waals surface area contributed by atoms with Crippen molar-refractivity contribution in [1.82, 2.24) is 36.0 Å². The summed E-state index contributed by atoms with van der Waals surface area (Å²) in [6, 6.07) is 14.7. The third kappa shape index (κ3) is 14.6. The van der Waals surface area contributed by atoms with Crippen molar-refractivity contribution in [2.45, 2.75) is 71.7 Å². The van der Waals surface area contributed by atoms with E-state index in [-0.39, 0.29) is 62.8 Å². The van der Waals surface area contributed by atoms with Gasteiger partial charge in [0.2, 0.25) is 23.6 Å². The molecule has 0 aliphatic carbocycles. The Kier molecular flexibility index (Phi) is 19.0. The highest BCUT2D eigenvalue weighted by Gasteiger charge is 2.44. The lowest BCUT2D eigenvalue weighted by Crippen LogP contribution is -2.58. The zero-order chi connectivity index (χ0) is 48.6. The number of β-amino-alcohol motifs (C(OH)–C–C–N with tert-alkyl or cyclic N) is 1. The molecular weight excluding hydrogens is 895 g/mol. The van der Waals surface area contributed by atoms with Gasteiger partial charge < -0.3 is 60.6 Å². The zero-order valence-corrected chi connectivity index (χ0v) is 40.1. The molecule has 7 N–H and O–H groups in total. The second-order valence-corrected chi connectivity index (χ2v) is 18.8. The number of nitrogen functional groups attached to an aromatic ring is 1. The lowest BCUT2D eigenvalue weighted by Gasteiger charge is -2.35. The van der Waals surface area contributed by atoms with Crippen molar-refractivity contribution in [3.8, 4) is 27.4 Å². The Balaban J connectivity index is 0.785. The molecule has 2 fully saturated rings. The summed E-state index contributed by atoms with van der Waals surface area (Å²) in [5, 5.41) is 37.7. The number of nitrogens with one attached hydrogen (secondary N) is 3. The average molecular weight is 960 g/mol. The molecule has 19 nitrogen and oxygen atoms in total. The maximum absolute atomic E-state index is 13.9. The number of aromatic nitrogens is 3. The number of aliphatic hydroxyl groups is 1. The Bertz CT molecular complexity index is 2280. The van der Waals surface area contributed by atoms with Gasteiger partial charge in [0.25, 0.3) is 0 Å². The molecule has 4 amide bonds. The Morgan fingerprint density at radius 3 is 2.19 bits per heavy atom. The number of para-hydroxylation sites is 1. The first-order valence-electron chi connectivity index (χ1n) is 23.0. The maximum Gasteiger partial charge on any atom is 0.246 e. The summed E-state index contributed by atoms with van der Waals surface area (Å²) < 4.78 is 22.2. The molecule has 368 valence electrons. The van der Waals surface area contributed by atoms with Crippen LogP contribution in [0.4, 0.5) is 11.5 Å². The number of carbonyl (C=O) groups excluding carboxylic acids is 4. The second-order valence-electron chi connectivity index (χ2n) is 17.9. The third-order valence-corrected chi connectivity index (χ3v) is 12.8. The number of nitrogens with zero attached hydrogens (tertiary/aromatic N) is 5. The van der Waals surface area contributed by atoms with Gasteiger partial charge in [-0.15, -0.1) is 21.5 Å². The number of aliphatic hydroxyl groups excluding tert-OH is 1. The molecule has 0 unspecified atom stereocenters. The number of hydrogen-bond donors (Lipinski definition) is 6. The summed E-state index contributed by atoms with van der Waals surface area (Å²) in [6.07, 6.45) is 0.522. The predicted octanol–water partition coefficient (Wildman–Crippen LogP) is 3.07. The van der Waals surface area contributed by atoms with Crippen LogP contribution in [-0.4, -0.2) is 151 Å². The number of aryl methyl sites for hydroxylation is 1. The molecule has 3 atom stereocenters. The number of thiazole rings is 1. The lowest BCUT2D eigenvalue weighted by molar-refractivity contribution is -0.144. The Morgan fingerprint density at radius 2 is 1.54 bits per heavy atom. The quantitative estimate of drug-likeness (QED) is 0.0585. The molecule has 2 aromatic carbocycles. The molecule has 2 saturated heterocycles. The summed E-state index contributed by atoms with van der Waals surface area (Å²) >= 11 is 1.57. The van der Waals surface area contributed by atoms with E-state index in [4.69, 9.17) is 24.7 Å². The van der Waals surface area contributed by atoms with Crippen LogP contribution in [0.3, 0.4) is 0 Å². The summed E-state index contributed by atoms with van der Waals surface area (Å²) in [5.74, 6) is -1.06. The summed E-state index contributed by atoms with van der Waals surface area (Å²) in [4.78, 5) is 61.9. The van der Waals surface area contributed by atoms with Crippen LogP contribution in [0.5, 0.6) is 5.75 Å². The van der Waals surface area contributed by atoms with E-state index in [2.05, 4.69) is 36.0 Å². The molecule has 2 aromatic heterocycles. The first-order valence-corrected chi connectivity index (χ1v) is 23.9. The van der Waals surface area contributed by atoms with Crippen molar-refractivity contribution in [3.63, 3.8) is 0 Å². The van der Waals surface area contributed by atoms with Crippen molar-refractivity contribution in [2.24, 2.45) is 11.3 Å². The highest BCUT2D eigenvalue weighted by atomic mass is 32.1. The zero-order valence-electron chi connectivity index (χ0n) is 39.3. The van der Waals surface area contributed by atoms with Crippen LogP contribution in [0.15, 0.2) is 60.1 Å². The number of amides is 4. The van der Waals surface area contributed by atoms with Gasteiger partial charge in [-0.3, -0.25) is 19.2 Å². The van der Waals surface area contributed by atoms with Gasteiger partial charge in [-0.05, 0) is 54.5 Å². The predicted molar refractivity (Wildman–Crippen MR) is 256 cm³/mol. The van der Waals surface area contributed by atoms with Crippen LogP contribution >= 0.6 is 11.3 Å². The number of benzene rings is 2. The number of anilines is 2. The highest BCUT2D eigenvalue weighted by molar-refractivity contribution is 7.13. The molecule has 4 heterocycles. The Hall–Kier alpha value is -5.77. The van der Waals surface area contributed by atoms with Gasteiger partial charge in [0.1, 0.15) is 24.4 Å². The molecule has 20 heteroatoms. The number of piperidine rings is 1.